The van der Waals surface area contributed by atoms with Crippen molar-refractivity contribution in [1.29, 1.82) is 0 Å². The lowest BCUT2D eigenvalue weighted by Crippen LogP contribution is -2.26. The zero-order chi connectivity index (χ0) is 15.8. The van der Waals surface area contributed by atoms with E-state index in [1.54, 1.807) is 19.6 Å². The van der Waals surface area contributed by atoms with Crippen LogP contribution >= 0.6 is 0 Å². The molecule has 1 aliphatic rings. The lowest BCUT2D eigenvalue weighted by atomic mass is 10.0. The summed E-state index contributed by atoms with van der Waals surface area (Å²) in [5, 5.41) is 18.3. The second-order valence-electron chi connectivity index (χ2n) is 5.65. The molecular formula is C16H17N5O2. The maximum atomic E-state index is 10.2. The first-order valence-corrected chi connectivity index (χ1v) is 7.49. The van der Waals surface area contributed by atoms with E-state index in [1.165, 1.54) is 0 Å². The van der Waals surface area contributed by atoms with Crippen molar-refractivity contribution >= 4 is 11.5 Å². The molecule has 3 heterocycles. The second kappa shape index (κ2) is 5.51. The molecule has 118 valence electrons. The first kappa shape index (κ1) is 14.0. The van der Waals surface area contributed by atoms with Crippen LogP contribution in [0.15, 0.2) is 43.0 Å². The van der Waals surface area contributed by atoms with E-state index in [2.05, 4.69) is 20.1 Å². The fourth-order valence-corrected chi connectivity index (χ4v) is 3.16. The minimum Gasteiger partial charge on any atom is -0.497 e. The maximum absolute atomic E-state index is 10.2. The number of aliphatic hydroxyl groups excluding tert-OH is 1. The van der Waals surface area contributed by atoms with Crippen LogP contribution in [-0.2, 0) is 0 Å². The van der Waals surface area contributed by atoms with Gasteiger partial charge in [0.05, 0.1) is 19.3 Å². The van der Waals surface area contributed by atoms with Gasteiger partial charge in [-0.05, 0) is 24.1 Å². The van der Waals surface area contributed by atoms with Gasteiger partial charge in [-0.1, -0.05) is 12.1 Å². The fraction of sp³-hybridized carbons (Fsp3) is 0.312. The van der Waals surface area contributed by atoms with Crippen LogP contribution in [-0.4, -0.2) is 44.4 Å². The van der Waals surface area contributed by atoms with Crippen molar-refractivity contribution < 1.29 is 9.84 Å². The van der Waals surface area contributed by atoms with Gasteiger partial charge in [0.25, 0.3) is 0 Å². The Balaban J connectivity index is 1.78. The maximum Gasteiger partial charge on any atom is 0.203 e. The van der Waals surface area contributed by atoms with E-state index in [0.29, 0.717) is 18.6 Å². The standard InChI is InChI=1S/C16H17N5O2/c1-23-13-4-2-3-11(7-13)14-8-12(22)9-21(14)15-16-19-18-10-20(16)6-5-17-15/h2-7,10,12,14,22H,8-9H2,1H3/t12-,14-/m1/s1. The Morgan fingerprint density at radius 3 is 3.13 bits per heavy atom. The van der Waals surface area contributed by atoms with E-state index < -0.39 is 6.10 Å². The number of aliphatic hydroxyl groups is 1. The summed E-state index contributed by atoms with van der Waals surface area (Å²) < 4.78 is 7.15. The van der Waals surface area contributed by atoms with E-state index in [-0.39, 0.29) is 6.04 Å². The van der Waals surface area contributed by atoms with Gasteiger partial charge in [0.15, 0.2) is 5.82 Å². The van der Waals surface area contributed by atoms with Crippen molar-refractivity contribution in [2.75, 3.05) is 18.6 Å². The largest absolute Gasteiger partial charge is 0.497 e. The third-order valence-corrected chi connectivity index (χ3v) is 4.23. The number of β-amino-alcohol motifs (C(OH)–C–C–N with tert-alkyl or cyclic N) is 1. The quantitative estimate of drug-likeness (QED) is 0.789. The van der Waals surface area contributed by atoms with Gasteiger partial charge in [0.1, 0.15) is 12.1 Å². The van der Waals surface area contributed by atoms with Gasteiger partial charge in [0.2, 0.25) is 5.65 Å². The highest BCUT2D eigenvalue weighted by Gasteiger charge is 2.34. The summed E-state index contributed by atoms with van der Waals surface area (Å²) in [6.45, 7) is 0.515. The minimum atomic E-state index is -0.406. The number of benzene rings is 1. The Hall–Kier alpha value is -2.67. The van der Waals surface area contributed by atoms with E-state index in [9.17, 15) is 5.11 Å². The van der Waals surface area contributed by atoms with E-state index in [1.807, 2.05) is 34.9 Å². The van der Waals surface area contributed by atoms with Gasteiger partial charge in [-0.3, -0.25) is 4.40 Å². The van der Waals surface area contributed by atoms with Gasteiger partial charge < -0.3 is 14.7 Å². The number of hydrogen-bond acceptors (Lipinski definition) is 6. The molecule has 7 nitrogen and oxygen atoms in total. The molecule has 0 spiro atoms. The molecule has 1 aromatic carbocycles. The topological polar surface area (TPSA) is 75.8 Å². The third-order valence-electron chi connectivity index (χ3n) is 4.23. The monoisotopic (exact) mass is 311 g/mol. The van der Waals surface area contributed by atoms with E-state index >= 15 is 0 Å². The molecule has 0 unspecified atom stereocenters. The Labute approximate surface area is 133 Å². The van der Waals surface area contributed by atoms with Crippen molar-refractivity contribution in [1.82, 2.24) is 19.6 Å². The molecule has 4 rings (SSSR count). The number of fused-ring (bicyclic) bond motifs is 1. The van der Waals surface area contributed by atoms with Crippen molar-refractivity contribution in [3.8, 4) is 5.75 Å². The van der Waals surface area contributed by atoms with Crippen molar-refractivity contribution in [3.63, 3.8) is 0 Å². The number of aromatic nitrogens is 4. The van der Waals surface area contributed by atoms with Crippen LogP contribution in [0.25, 0.3) is 5.65 Å². The minimum absolute atomic E-state index is 0.0236. The SMILES string of the molecule is COc1cccc([C@H]2C[C@@H](O)CN2c2nccn3cnnc23)c1. The molecule has 1 aliphatic heterocycles. The van der Waals surface area contributed by atoms with Crippen molar-refractivity contribution in [2.45, 2.75) is 18.6 Å². The van der Waals surface area contributed by atoms with Gasteiger partial charge in [-0.15, -0.1) is 10.2 Å². The number of methoxy groups -OCH3 is 1. The molecular weight excluding hydrogens is 294 g/mol. The predicted molar refractivity (Wildman–Crippen MR) is 84.5 cm³/mol. The van der Waals surface area contributed by atoms with Crippen LogP contribution in [0.4, 0.5) is 5.82 Å². The summed E-state index contributed by atoms with van der Waals surface area (Å²) in [6, 6.07) is 7.94. The van der Waals surface area contributed by atoms with Crippen LogP contribution in [0.1, 0.15) is 18.0 Å². The molecule has 0 radical (unpaired) electrons. The van der Waals surface area contributed by atoms with Gasteiger partial charge >= 0.3 is 0 Å². The fourth-order valence-electron chi connectivity index (χ4n) is 3.16. The van der Waals surface area contributed by atoms with Crippen LogP contribution < -0.4 is 9.64 Å². The highest BCUT2D eigenvalue weighted by atomic mass is 16.5. The zero-order valence-corrected chi connectivity index (χ0v) is 12.7. The molecule has 1 N–H and O–H groups in total. The van der Waals surface area contributed by atoms with Crippen LogP contribution in [0.5, 0.6) is 5.75 Å². The molecule has 7 heteroatoms. The van der Waals surface area contributed by atoms with Crippen LogP contribution in [0.3, 0.4) is 0 Å². The summed E-state index contributed by atoms with van der Waals surface area (Å²) >= 11 is 0. The molecule has 0 aliphatic carbocycles. The molecule has 2 atom stereocenters. The molecule has 0 saturated carbocycles. The van der Waals surface area contributed by atoms with Crippen molar-refractivity contribution in [3.05, 3.63) is 48.5 Å². The Morgan fingerprint density at radius 1 is 1.35 bits per heavy atom. The van der Waals surface area contributed by atoms with Crippen LogP contribution in [0, 0.1) is 0 Å². The number of ether oxygens (including phenoxy) is 1. The smallest absolute Gasteiger partial charge is 0.203 e. The number of anilines is 1. The Kier molecular flexibility index (Phi) is 3.34. The summed E-state index contributed by atoms with van der Waals surface area (Å²) in [4.78, 5) is 6.56. The van der Waals surface area contributed by atoms with Crippen molar-refractivity contribution in [2.24, 2.45) is 0 Å². The van der Waals surface area contributed by atoms with E-state index in [4.69, 9.17) is 4.74 Å². The van der Waals surface area contributed by atoms with Gasteiger partial charge in [-0.25, -0.2) is 4.98 Å². The van der Waals surface area contributed by atoms with Gasteiger partial charge in [0, 0.05) is 18.9 Å². The molecule has 0 amide bonds. The highest BCUT2D eigenvalue weighted by Crippen LogP contribution is 2.37. The Bertz CT molecular complexity index is 834. The molecule has 0 bridgehead atoms. The number of hydrogen-bond donors (Lipinski definition) is 1. The zero-order valence-electron chi connectivity index (χ0n) is 12.7. The molecule has 3 aromatic rings. The third kappa shape index (κ3) is 2.39. The summed E-state index contributed by atoms with van der Waals surface area (Å²) in [5.74, 6) is 1.53. The highest BCUT2D eigenvalue weighted by molar-refractivity contribution is 5.65. The molecule has 2 aromatic heterocycles. The molecule has 1 saturated heterocycles. The summed E-state index contributed by atoms with van der Waals surface area (Å²) in [6.07, 6.45) is 5.42. The average Bonchev–Trinajstić information content (AvgIpc) is 3.21. The summed E-state index contributed by atoms with van der Waals surface area (Å²) in [5.41, 5.74) is 1.78. The molecule has 23 heavy (non-hydrogen) atoms. The average molecular weight is 311 g/mol. The van der Waals surface area contributed by atoms with Crippen LogP contribution in [0.2, 0.25) is 0 Å². The predicted octanol–water partition coefficient (Wildman–Crippen LogP) is 1.45. The second-order valence-corrected chi connectivity index (χ2v) is 5.65. The van der Waals surface area contributed by atoms with E-state index in [0.717, 1.165) is 17.1 Å². The first-order valence-electron chi connectivity index (χ1n) is 7.49. The number of rotatable bonds is 3. The van der Waals surface area contributed by atoms with Gasteiger partial charge in [-0.2, -0.15) is 0 Å². The normalized spacial score (nSPS) is 21.0. The lowest BCUT2D eigenvalue weighted by Gasteiger charge is -2.26. The first-order chi connectivity index (χ1) is 11.3. The number of nitrogens with zero attached hydrogens (tertiary/aromatic N) is 5. The Morgan fingerprint density at radius 2 is 2.26 bits per heavy atom. The lowest BCUT2D eigenvalue weighted by molar-refractivity contribution is 0.194. The summed E-state index contributed by atoms with van der Waals surface area (Å²) in [7, 11) is 1.65. The molecule has 1 fully saturated rings.